The average Bonchev–Trinajstić information content (AvgIpc) is 2.82. The SMILES string of the molecule is CCc1cccc(NC(N)=NCc2ncc(C)s2)c1.I. The molecule has 3 N–H and O–H groups in total. The molecule has 2 aromatic rings. The van der Waals surface area contributed by atoms with E-state index in [-0.39, 0.29) is 24.0 Å². The minimum absolute atomic E-state index is 0. The van der Waals surface area contributed by atoms with E-state index >= 15 is 0 Å². The normalized spacial score (nSPS) is 11.0. The molecule has 0 saturated heterocycles. The van der Waals surface area contributed by atoms with Crippen molar-refractivity contribution < 1.29 is 0 Å². The molecule has 6 heteroatoms. The van der Waals surface area contributed by atoms with Crippen LogP contribution in [0.15, 0.2) is 35.5 Å². The molecule has 2 rings (SSSR count). The summed E-state index contributed by atoms with van der Waals surface area (Å²) in [7, 11) is 0. The molecular formula is C14H19IN4S. The highest BCUT2D eigenvalue weighted by atomic mass is 127. The van der Waals surface area contributed by atoms with Crippen LogP contribution < -0.4 is 11.1 Å². The molecule has 1 aromatic carbocycles. The lowest BCUT2D eigenvalue weighted by Crippen LogP contribution is -2.22. The molecular weight excluding hydrogens is 383 g/mol. The summed E-state index contributed by atoms with van der Waals surface area (Å²) in [6.45, 7) is 4.68. The summed E-state index contributed by atoms with van der Waals surface area (Å²) in [6.07, 6.45) is 2.86. The Balaban J connectivity index is 0.00000200. The molecule has 108 valence electrons. The average molecular weight is 402 g/mol. The van der Waals surface area contributed by atoms with Crippen LogP contribution in [0, 0.1) is 6.92 Å². The zero-order valence-electron chi connectivity index (χ0n) is 11.6. The Bertz CT molecular complexity index is 580. The highest BCUT2D eigenvalue weighted by Gasteiger charge is 1.99. The maximum Gasteiger partial charge on any atom is 0.193 e. The lowest BCUT2D eigenvalue weighted by Gasteiger charge is -2.06. The van der Waals surface area contributed by atoms with E-state index < -0.39 is 0 Å². The number of nitrogens with zero attached hydrogens (tertiary/aromatic N) is 2. The van der Waals surface area contributed by atoms with E-state index in [9.17, 15) is 0 Å². The van der Waals surface area contributed by atoms with Crippen molar-refractivity contribution in [2.75, 3.05) is 5.32 Å². The number of thiazole rings is 1. The van der Waals surface area contributed by atoms with Gasteiger partial charge in [0.15, 0.2) is 5.96 Å². The van der Waals surface area contributed by atoms with Crippen LogP contribution in [0.4, 0.5) is 5.69 Å². The van der Waals surface area contributed by atoms with Crippen LogP contribution in [-0.2, 0) is 13.0 Å². The Morgan fingerprint density at radius 1 is 1.45 bits per heavy atom. The molecule has 0 saturated carbocycles. The third kappa shape index (κ3) is 5.09. The number of aliphatic imine (C=N–C) groups is 1. The van der Waals surface area contributed by atoms with Gasteiger partial charge in [0, 0.05) is 16.8 Å². The summed E-state index contributed by atoms with van der Waals surface area (Å²) in [5.74, 6) is 0.418. The van der Waals surface area contributed by atoms with E-state index in [1.807, 2.05) is 25.3 Å². The Morgan fingerprint density at radius 2 is 2.25 bits per heavy atom. The van der Waals surface area contributed by atoms with Gasteiger partial charge in [0.25, 0.3) is 0 Å². The van der Waals surface area contributed by atoms with Crippen LogP contribution in [0.3, 0.4) is 0 Å². The second-order valence-electron chi connectivity index (χ2n) is 4.25. The van der Waals surface area contributed by atoms with Crippen molar-refractivity contribution in [3.8, 4) is 0 Å². The minimum Gasteiger partial charge on any atom is -0.370 e. The molecule has 0 radical (unpaired) electrons. The lowest BCUT2D eigenvalue weighted by atomic mass is 10.1. The molecule has 0 aliphatic heterocycles. The molecule has 0 atom stereocenters. The fraction of sp³-hybridized carbons (Fsp3) is 0.286. The van der Waals surface area contributed by atoms with Gasteiger partial charge in [-0.3, -0.25) is 0 Å². The summed E-state index contributed by atoms with van der Waals surface area (Å²) in [6, 6.07) is 8.17. The molecule has 0 unspecified atom stereocenters. The van der Waals surface area contributed by atoms with Gasteiger partial charge < -0.3 is 11.1 Å². The fourth-order valence-electron chi connectivity index (χ4n) is 1.68. The quantitative estimate of drug-likeness (QED) is 0.467. The van der Waals surface area contributed by atoms with Crippen LogP contribution in [-0.4, -0.2) is 10.9 Å². The van der Waals surface area contributed by atoms with Gasteiger partial charge in [-0.05, 0) is 31.0 Å². The largest absolute Gasteiger partial charge is 0.370 e. The van der Waals surface area contributed by atoms with Crippen molar-refractivity contribution in [1.29, 1.82) is 0 Å². The van der Waals surface area contributed by atoms with Crippen molar-refractivity contribution in [3.63, 3.8) is 0 Å². The molecule has 0 bridgehead atoms. The first-order valence-electron chi connectivity index (χ1n) is 6.24. The standard InChI is InChI=1S/C14H18N4S.HI/c1-3-11-5-4-6-12(7-11)18-14(15)17-9-13-16-8-10(2)19-13;/h4-8H,3,9H2,1-2H3,(H3,15,17,18);1H. The maximum atomic E-state index is 5.87. The van der Waals surface area contributed by atoms with E-state index in [2.05, 4.69) is 34.3 Å². The van der Waals surface area contributed by atoms with Gasteiger partial charge in [0.2, 0.25) is 0 Å². The third-order valence-corrected chi connectivity index (χ3v) is 3.56. The van der Waals surface area contributed by atoms with Crippen molar-refractivity contribution in [2.24, 2.45) is 10.7 Å². The predicted octanol–water partition coefficient (Wildman–Crippen LogP) is 3.56. The first-order chi connectivity index (χ1) is 9.17. The Hall–Kier alpha value is -1.15. The predicted molar refractivity (Wildman–Crippen MR) is 97.0 cm³/mol. The van der Waals surface area contributed by atoms with E-state index in [4.69, 9.17) is 5.73 Å². The number of halogens is 1. The number of aryl methyl sites for hydroxylation is 2. The van der Waals surface area contributed by atoms with Crippen molar-refractivity contribution in [3.05, 3.63) is 45.9 Å². The van der Waals surface area contributed by atoms with Crippen molar-refractivity contribution >= 4 is 47.0 Å². The molecule has 0 aliphatic rings. The van der Waals surface area contributed by atoms with Crippen LogP contribution >= 0.6 is 35.3 Å². The van der Waals surface area contributed by atoms with Gasteiger partial charge >= 0.3 is 0 Å². The zero-order valence-corrected chi connectivity index (χ0v) is 14.7. The smallest absolute Gasteiger partial charge is 0.193 e. The third-order valence-electron chi connectivity index (χ3n) is 2.66. The van der Waals surface area contributed by atoms with Gasteiger partial charge in [0.05, 0.1) is 6.54 Å². The first-order valence-corrected chi connectivity index (χ1v) is 7.06. The van der Waals surface area contributed by atoms with E-state index in [0.717, 1.165) is 17.1 Å². The highest BCUT2D eigenvalue weighted by molar-refractivity contribution is 14.0. The number of hydrogen-bond donors (Lipinski definition) is 2. The van der Waals surface area contributed by atoms with Gasteiger partial charge in [-0.25, -0.2) is 9.98 Å². The Morgan fingerprint density at radius 3 is 2.90 bits per heavy atom. The molecule has 0 spiro atoms. The molecule has 0 fully saturated rings. The number of rotatable bonds is 4. The number of nitrogens with one attached hydrogen (secondary N) is 1. The second-order valence-corrected chi connectivity index (χ2v) is 5.56. The Labute approximate surface area is 140 Å². The van der Waals surface area contributed by atoms with Crippen molar-refractivity contribution in [2.45, 2.75) is 26.8 Å². The topological polar surface area (TPSA) is 63.3 Å². The second kappa shape index (κ2) is 8.21. The minimum atomic E-state index is 0. The summed E-state index contributed by atoms with van der Waals surface area (Å²) < 4.78 is 0. The van der Waals surface area contributed by atoms with Crippen LogP contribution in [0.5, 0.6) is 0 Å². The number of guanidine groups is 1. The van der Waals surface area contributed by atoms with E-state index in [1.54, 1.807) is 11.3 Å². The molecule has 1 heterocycles. The highest BCUT2D eigenvalue weighted by Crippen LogP contribution is 2.13. The summed E-state index contributed by atoms with van der Waals surface area (Å²) >= 11 is 1.64. The van der Waals surface area contributed by atoms with Gasteiger partial charge in [-0.2, -0.15) is 0 Å². The van der Waals surface area contributed by atoms with Crippen LogP contribution in [0.25, 0.3) is 0 Å². The fourth-order valence-corrected chi connectivity index (χ4v) is 2.40. The van der Waals surface area contributed by atoms with Crippen LogP contribution in [0.2, 0.25) is 0 Å². The number of hydrogen-bond acceptors (Lipinski definition) is 3. The number of aromatic nitrogens is 1. The Kier molecular flexibility index (Phi) is 6.94. The summed E-state index contributed by atoms with van der Waals surface area (Å²) in [5, 5.41) is 4.07. The number of anilines is 1. The monoisotopic (exact) mass is 402 g/mol. The van der Waals surface area contributed by atoms with Gasteiger partial charge in [0.1, 0.15) is 5.01 Å². The molecule has 20 heavy (non-hydrogen) atoms. The maximum absolute atomic E-state index is 5.87. The summed E-state index contributed by atoms with van der Waals surface area (Å²) in [5.41, 5.74) is 8.11. The molecule has 0 amide bonds. The molecule has 1 aromatic heterocycles. The van der Waals surface area contributed by atoms with Gasteiger partial charge in [-0.15, -0.1) is 35.3 Å². The first kappa shape index (κ1) is 16.9. The number of benzene rings is 1. The van der Waals surface area contributed by atoms with Crippen LogP contribution in [0.1, 0.15) is 22.4 Å². The van der Waals surface area contributed by atoms with Gasteiger partial charge in [-0.1, -0.05) is 19.1 Å². The summed E-state index contributed by atoms with van der Waals surface area (Å²) in [4.78, 5) is 9.73. The molecule has 4 nitrogen and oxygen atoms in total. The zero-order chi connectivity index (χ0) is 13.7. The molecule has 0 aliphatic carbocycles. The lowest BCUT2D eigenvalue weighted by molar-refractivity contribution is 1.03. The number of nitrogens with two attached hydrogens (primary N) is 1. The van der Waals surface area contributed by atoms with Crippen molar-refractivity contribution in [1.82, 2.24) is 4.98 Å². The van der Waals surface area contributed by atoms with E-state index in [0.29, 0.717) is 12.5 Å². The van der Waals surface area contributed by atoms with E-state index in [1.165, 1.54) is 10.4 Å².